The second kappa shape index (κ2) is 5.85. The van der Waals surface area contributed by atoms with Crippen molar-refractivity contribution in [2.45, 2.75) is 58.2 Å². The van der Waals surface area contributed by atoms with Crippen LogP contribution in [-0.2, 0) is 14.4 Å². The molecule has 3 N–H and O–H groups in total. The molecule has 5 nitrogen and oxygen atoms in total. The second-order valence-corrected chi connectivity index (χ2v) is 9.77. The van der Waals surface area contributed by atoms with Crippen LogP contribution in [0.1, 0.15) is 46.5 Å². The Morgan fingerprint density at radius 3 is 2.61 bits per heavy atom. The summed E-state index contributed by atoms with van der Waals surface area (Å²) in [6.45, 7) is 5.59. The van der Waals surface area contributed by atoms with Crippen LogP contribution in [0.25, 0.3) is 0 Å². The van der Waals surface area contributed by atoms with Crippen LogP contribution < -0.4 is 5.73 Å². The highest BCUT2D eigenvalue weighted by atomic mass is 19.1. The summed E-state index contributed by atoms with van der Waals surface area (Å²) >= 11 is 0. The number of carbonyl (C=O) groups is 3. The molecule has 152 valence electrons. The molecule has 4 aliphatic carbocycles. The molecule has 0 radical (unpaired) electrons. The van der Waals surface area contributed by atoms with Gasteiger partial charge in [0, 0.05) is 17.3 Å². The van der Waals surface area contributed by atoms with Crippen LogP contribution in [0.15, 0.2) is 23.8 Å². The number of hydrogen-bond acceptors (Lipinski definition) is 4. The number of ketones is 2. The molecule has 0 saturated heterocycles. The average molecular weight is 389 g/mol. The molecular formula is C22H28FNO4. The van der Waals surface area contributed by atoms with E-state index in [9.17, 15) is 19.5 Å². The Bertz CT molecular complexity index is 834. The van der Waals surface area contributed by atoms with Gasteiger partial charge in [0.1, 0.15) is 0 Å². The van der Waals surface area contributed by atoms with E-state index >= 15 is 4.39 Å². The molecule has 0 aromatic carbocycles. The van der Waals surface area contributed by atoms with E-state index in [1.807, 2.05) is 13.8 Å². The summed E-state index contributed by atoms with van der Waals surface area (Å²) in [4.78, 5) is 36.0. The van der Waals surface area contributed by atoms with Gasteiger partial charge in [-0.1, -0.05) is 25.5 Å². The molecule has 3 fully saturated rings. The number of alkyl halides is 1. The number of allylic oxidation sites excluding steroid dienone is 4. The van der Waals surface area contributed by atoms with Crippen molar-refractivity contribution in [2.24, 2.45) is 40.2 Å². The molecule has 6 heteroatoms. The van der Waals surface area contributed by atoms with Crippen molar-refractivity contribution < 1.29 is 23.9 Å². The number of aliphatic hydroxyl groups is 1. The van der Waals surface area contributed by atoms with Crippen molar-refractivity contribution in [1.82, 2.24) is 0 Å². The lowest BCUT2D eigenvalue weighted by Gasteiger charge is -2.61. The molecule has 4 rings (SSSR count). The maximum atomic E-state index is 16.9. The largest absolute Gasteiger partial charge is 0.390 e. The van der Waals surface area contributed by atoms with Crippen LogP contribution in [0.2, 0.25) is 0 Å². The van der Waals surface area contributed by atoms with Crippen LogP contribution in [0.3, 0.4) is 0 Å². The van der Waals surface area contributed by atoms with Gasteiger partial charge in [-0.3, -0.25) is 14.4 Å². The lowest BCUT2D eigenvalue weighted by Crippen LogP contribution is -2.67. The Morgan fingerprint density at radius 2 is 1.96 bits per heavy atom. The van der Waals surface area contributed by atoms with Crippen LogP contribution in [0, 0.1) is 34.5 Å². The molecule has 0 heterocycles. The van der Waals surface area contributed by atoms with Gasteiger partial charge in [-0.25, -0.2) is 4.39 Å². The van der Waals surface area contributed by atoms with Gasteiger partial charge in [-0.15, -0.1) is 0 Å². The first-order valence-electron chi connectivity index (χ1n) is 10.1. The molecule has 0 aromatic rings. The number of halogens is 1. The molecule has 28 heavy (non-hydrogen) atoms. The molecule has 0 aliphatic heterocycles. The highest BCUT2D eigenvalue weighted by Crippen LogP contribution is 2.69. The van der Waals surface area contributed by atoms with E-state index in [-0.39, 0.29) is 24.0 Å². The van der Waals surface area contributed by atoms with Crippen molar-refractivity contribution in [1.29, 1.82) is 0 Å². The van der Waals surface area contributed by atoms with Crippen molar-refractivity contribution in [3.8, 4) is 0 Å². The Kier molecular flexibility index (Phi) is 4.07. The smallest absolute Gasteiger partial charge is 0.285 e. The van der Waals surface area contributed by atoms with E-state index in [0.717, 1.165) is 5.57 Å². The van der Waals surface area contributed by atoms with Gasteiger partial charge in [-0.05, 0) is 62.0 Å². The minimum Gasteiger partial charge on any atom is -0.390 e. The van der Waals surface area contributed by atoms with Gasteiger partial charge in [0.2, 0.25) is 5.78 Å². The SMILES string of the molecule is C[C@@H]1C[C@H]2[C@@H]3CCC4=CC(=O)C=C[C@]4(C)[C@@]3(F)[C@@H](O)C[C@]2(C)[C@H]1C(=O)C(N)=O. The van der Waals surface area contributed by atoms with Gasteiger partial charge in [0.15, 0.2) is 11.5 Å². The molecule has 3 saturated carbocycles. The third-order valence-electron chi connectivity index (χ3n) is 8.51. The molecule has 1 amide bonds. The second-order valence-electron chi connectivity index (χ2n) is 9.77. The molecule has 8 atom stereocenters. The standard InChI is InChI=1S/C22H28FNO4/c1-11-8-15-14-5-4-12-9-13(25)6-7-21(12,3)22(14,23)16(26)10-20(15,2)17(11)18(27)19(24)28/h6-7,9,11,14-17,26H,4-5,8,10H2,1-3H3,(H2,24,28)/t11-,14+,15+,16+,17-,20+,21+,22+/m1/s1. The summed E-state index contributed by atoms with van der Waals surface area (Å²) in [5, 5.41) is 11.1. The van der Waals surface area contributed by atoms with Crippen LogP contribution in [-0.4, -0.2) is 34.4 Å². The number of Topliss-reactive ketones (excluding diaryl/α,β-unsaturated/α-hetero) is 1. The molecule has 0 unspecified atom stereocenters. The van der Waals surface area contributed by atoms with Gasteiger partial charge in [-0.2, -0.15) is 0 Å². The molecule has 0 spiro atoms. The van der Waals surface area contributed by atoms with Crippen molar-refractivity contribution in [2.75, 3.05) is 0 Å². The zero-order valence-corrected chi connectivity index (χ0v) is 16.6. The fourth-order valence-electron chi connectivity index (χ4n) is 7.29. The summed E-state index contributed by atoms with van der Waals surface area (Å²) in [6, 6.07) is 0. The van der Waals surface area contributed by atoms with E-state index < -0.39 is 46.1 Å². The van der Waals surface area contributed by atoms with Crippen molar-refractivity contribution in [3.05, 3.63) is 23.8 Å². The van der Waals surface area contributed by atoms with E-state index in [0.29, 0.717) is 19.3 Å². The normalized spacial score (nSPS) is 49.7. The van der Waals surface area contributed by atoms with E-state index in [4.69, 9.17) is 5.73 Å². The average Bonchev–Trinajstić information content (AvgIpc) is 2.86. The van der Waals surface area contributed by atoms with Crippen molar-refractivity contribution >= 4 is 17.5 Å². The number of rotatable bonds is 2. The first-order valence-corrected chi connectivity index (χ1v) is 10.1. The van der Waals surface area contributed by atoms with Crippen molar-refractivity contribution in [3.63, 3.8) is 0 Å². The predicted octanol–water partition coefficient (Wildman–Crippen LogP) is 2.27. The Morgan fingerprint density at radius 1 is 1.29 bits per heavy atom. The summed E-state index contributed by atoms with van der Waals surface area (Å²) in [5.74, 6) is -2.99. The topological polar surface area (TPSA) is 97.5 Å². The maximum Gasteiger partial charge on any atom is 0.285 e. The van der Waals surface area contributed by atoms with Gasteiger partial charge < -0.3 is 10.8 Å². The number of nitrogens with two attached hydrogens (primary N) is 1. The molecule has 0 bridgehead atoms. The Balaban J connectivity index is 1.80. The third-order valence-corrected chi connectivity index (χ3v) is 8.51. The van der Waals surface area contributed by atoms with Gasteiger partial charge in [0.25, 0.3) is 5.91 Å². The van der Waals surface area contributed by atoms with E-state index in [2.05, 4.69) is 0 Å². The number of primary amides is 1. The summed E-state index contributed by atoms with van der Waals surface area (Å²) < 4.78 is 16.9. The molecular weight excluding hydrogens is 361 g/mol. The minimum atomic E-state index is -1.91. The highest BCUT2D eigenvalue weighted by molar-refractivity contribution is 6.36. The quantitative estimate of drug-likeness (QED) is 0.708. The number of amides is 1. The minimum absolute atomic E-state index is 0.0993. The number of carbonyl (C=O) groups excluding carboxylic acids is 3. The van der Waals surface area contributed by atoms with Crippen LogP contribution >= 0.6 is 0 Å². The predicted molar refractivity (Wildman–Crippen MR) is 101 cm³/mol. The zero-order chi connectivity index (χ0) is 20.6. The summed E-state index contributed by atoms with van der Waals surface area (Å²) in [5.41, 5.74) is 2.41. The monoisotopic (exact) mass is 389 g/mol. The van der Waals surface area contributed by atoms with Gasteiger partial charge >= 0.3 is 0 Å². The number of aliphatic hydroxyl groups excluding tert-OH is 1. The lowest BCUT2D eigenvalue weighted by molar-refractivity contribution is -0.195. The van der Waals surface area contributed by atoms with Crippen LogP contribution in [0.5, 0.6) is 0 Å². The first kappa shape index (κ1) is 19.5. The molecule has 4 aliphatic rings. The molecule has 0 aromatic heterocycles. The first-order chi connectivity index (χ1) is 13.0. The summed E-state index contributed by atoms with van der Waals surface area (Å²) in [7, 11) is 0. The Labute approximate surface area is 164 Å². The number of fused-ring (bicyclic) bond motifs is 5. The fourth-order valence-corrected chi connectivity index (χ4v) is 7.29. The summed E-state index contributed by atoms with van der Waals surface area (Å²) in [6.07, 6.45) is 5.06. The Hall–Kier alpha value is -1.82. The third kappa shape index (κ3) is 2.18. The van der Waals surface area contributed by atoms with E-state index in [1.54, 1.807) is 13.0 Å². The fraction of sp³-hybridized carbons (Fsp3) is 0.682. The highest BCUT2D eigenvalue weighted by Gasteiger charge is 2.71. The van der Waals surface area contributed by atoms with Crippen LogP contribution in [0.4, 0.5) is 4.39 Å². The maximum absolute atomic E-state index is 16.9. The zero-order valence-electron chi connectivity index (χ0n) is 16.6. The van der Waals surface area contributed by atoms with Gasteiger partial charge in [0.05, 0.1) is 6.10 Å². The lowest BCUT2D eigenvalue weighted by atomic mass is 9.45. The number of hydrogen-bond donors (Lipinski definition) is 2. The van der Waals surface area contributed by atoms with E-state index in [1.165, 1.54) is 12.2 Å².